The first kappa shape index (κ1) is 10.6. The molecular weight excluding hydrogens is 138 g/mol. The van der Waals surface area contributed by atoms with Gasteiger partial charge in [0, 0.05) is 0 Å². The summed E-state index contributed by atoms with van der Waals surface area (Å²) in [5.41, 5.74) is 0. The summed E-state index contributed by atoms with van der Waals surface area (Å²) < 4.78 is 0. The van der Waals surface area contributed by atoms with Crippen LogP contribution in [-0.4, -0.2) is 18.9 Å². The fraction of sp³-hybridized carbons (Fsp3) is 0.889. The minimum atomic E-state index is 0.0278. The highest BCUT2D eigenvalue weighted by atomic mass is 16.1. The summed E-state index contributed by atoms with van der Waals surface area (Å²) in [5, 5.41) is 3.15. The number of carbonyl (C=O) groups is 1. The van der Waals surface area contributed by atoms with E-state index in [-0.39, 0.29) is 6.04 Å². The number of hydrogen-bond donors (Lipinski definition) is 1. The first-order valence-corrected chi connectivity index (χ1v) is 4.32. The molecule has 11 heavy (non-hydrogen) atoms. The third kappa shape index (κ3) is 3.51. The lowest BCUT2D eigenvalue weighted by Gasteiger charge is -2.22. The van der Waals surface area contributed by atoms with Crippen molar-refractivity contribution in [1.29, 1.82) is 0 Å². The van der Waals surface area contributed by atoms with E-state index in [0.717, 1.165) is 12.8 Å². The van der Waals surface area contributed by atoms with Crippen molar-refractivity contribution in [2.75, 3.05) is 6.54 Å². The van der Waals surface area contributed by atoms with E-state index in [4.69, 9.17) is 0 Å². The molecule has 0 aromatic heterocycles. The molecule has 0 aromatic carbocycles. The molecule has 0 bridgehead atoms. The molecule has 2 unspecified atom stereocenters. The zero-order valence-electron chi connectivity index (χ0n) is 7.92. The first-order valence-electron chi connectivity index (χ1n) is 4.32. The standard InChI is InChI=1S/C9H19NO/c1-5-10-9(6-11)8(4)7(2)3/h6-10H,5H2,1-4H3. The number of likely N-dealkylation sites (N-methyl/N-ethyl adjacent to an activating group) is 1. The number of rotatable bonds is 5. The SMILES string of the molecule is CCNC(C=O)C(C)C(C)C. The Morgan fingerprint density at radius 1 is 1.36 bits per heavy atom. The second-order valence-electron chi connectivity index (χ2n) is 3.32. The Kier molecular flexibility index (Phi) is 5.12. The van der Waals surface area contributed by atoms with Crippen molar-refractivity contribution in [3.8, 4) is 0 Å². The van der Waals surface area contributed by atoms with E-state index < -0.39 is 0 Å². The fourth-order valence-electron chi connectivity index (χ4n) is 1.01. The maximum atomic E-state index is 10.6. The van der Waals surface area contributed by atoms with E-state index in [2.05, 4.69) is 26.1 Å². The van der Waals surface area contributed by atoms with Crippen molar-refractivity contribution in [1.82, 2.24) is 5.32 Å². The van der Waals surface area contributed by atoms with E-state index in [9.17, 15) is 4.79 Å². The van der Waals surface area contributed by atoms with E-state index in [0.29, 0.717) is 11.8 Å². The summed E-state index contributed by atoms with van der Waals surface area (Å²) in [7, 11) is 0. The van der Waals surface area contributed by atoms with Crippen LogP contribution in [0.3, 0.4) is 0 Å². The number of aldehydes is 1. The quantitative estimate of drug-likeness (QED) is 0.612. The summed E-state index contributed by atoms with van der Waals surface area (Å²) in [6.45, 7) is 9.26. The summed E-state index contributed by atoms with van der Waals surface area (Å²) in [4.78, 5) is 10.6. The van der Waals surface area contributed by atoms with E-state index in [1.54, 1.807) is 0 Å². The molecule has 2 heteroatoms. The van der Waals surface area contributed by atoms with Gasteiger partial charge in [0.1, 0.15) is 6.29 Å². The minimum absolute atomic E-state index is 0.0278. The Morgan fingerprint density at radius 2 is 1.91 bits per heavy atom. The highest BCUT2D eigenvalue weighted by Gasteiger charge is 2.17. The second-order valence-corrected chi connectivity index (χ2v) is 3.32. The van der Waals surface area contributed by atoms with Crippen molar-refractivity contribution in [3.63, 3.8) is 0 Å². The second kappa shape index (κ2) is 5.30. The smallest absolute Gasteiger partial charge is 0.137 e. The van der Waals surface area contributed by atoms with Gasteiger partial charge in [0.05, 0.1) is 6.04 Å². The zero-order valence-corrected chi connectivity index (χ0v) is 7.92. The van der Waals surface area contributed by atoms with Crippen LogP contribution in [0, 0.1) is 11.8 Å². The lowest BCUT2D eigenvalue weighted by molar-refractivity contribution is -0.110. The molecule has 0 spiro atoms. The van der Waals surface area contributed by atoms with E-state index >= 15 is 0 Å². The highest BCUT2D eigenvalue weighted by molar-refractivity contribution is 5.58. The third-order valence-corrected chi connectivity index (χ3v) is 2.20. The molecule has 0 aliphatic rings. The fourth-order valence-corrected chi connectivity index (χ4v) is 1.01. The highest BCUT2D eigenvalue weighted by Crippen LogP contribution is 2.12. The van der Waals surface area contributed by atoms with Crippen LogP contribution < -0.4 is 5.32 Å². The Hall–Kier alpha value is -0.370. The lowest BCUT2D eigenvalue weighted by atomic mass is 9.91. The predicted molar refractivity (Wildman–Crippen MR) is 47.5 cm³/mol. The van der Waals surface area contributed by atoms with Crippen LogP contribution in [0.25, 0.3) is 0 Å². The predicted octanol–water partition coefficient (Wildman–Crippen LogP) is 1.46. The molecule has 0 aromatic rings. The van der Waals surface area contributed by atoms with Gasteiger partial charge in [-0.3, -0.25) is 0 Å². The van der Waals surface area contributed by atoms with Gasteiger partial charge >= 0.3 is 0 Å². The van der Waals surface area contributed by atoms with Gasteiger partial charge in [-0.25, -0.2) is 0 Å². The molecular formula is C9H19NO. The molecule has 0 aliphatic heterocycles. The van der Waals surface area contributed by atoms with Crippen molar-refractivity contribution in [2.45, 2.75) is 33.7 Å². The Morgan fingerprint density at radius 3 is 2.18 bits per heavy atom. The van der Waals surface area contributed by atoms with Crippen LogP contribution in [0.4, 0.5) is 0 Å². The summed E-state index contributed by atoms with van der Waals surface area (Å²) in [5.74, 6) is 0.983. The van der Waals surface area contributed by atoms with Crippen molar-refractivity contribution in [3.05, 3.63) is 0 Å². The van der Waals surface area contributed by atoms with Crippen LogP contribution in [0.5, 0.6) is 0 Å². The van der Waals surface area contributed by atoms with Crippen LogP contribution in [0.15, 0.2) is 0 Å². The Labute approximate surface area is 69.4 Å². The van der Waals surface area contributed by atoms with E-state index in [1.807, 2.05) is 6.92 Å². The molecule has 0 rings (SSSR count). The van der Waals surface area contributed by atoms with Gasteiger partial charge in [0.15, 0.2) is 0 Å². The van der Waals surface area contributed by atoms with Gasteiger partial charge < -0.3 is 10.1 Å². The maximum absolute atomic E-state index is 10.6. The molecule has 0 heterocycles. The summed E-state index contributed by atoms with van der Waals surface area (Å²) in [6.07, 6.45) is 1.01. The van der Waals surface area contributed by atoms with E-state index in [1.165, 1.54) is 0 Å². The molecule has 0 aliphatic carbocycles. The van der Waals surface area contributed by atoms with Gasteiger partial charge in [-0.2, -0.15) is 0 Å². The van der Waals surface area contributed by atoms with Crippen LogP contribution in [0.1, 0.15) is 27.7 Å². The van der Waals surface area contributed by atoms with Gasteiger partial charge in [0.2, 0.25) is 0 Å². The molecule has 1 N–H and O–H groups in total. The van der Waals surface area contributed by atoms with Crippen LogP contribution in [-0.2, 0) is 4.79 Å². The van der Waals surface area contributed by atoms with Gasteiger partial charge in [-0.05, 0) is 18.4 Å². The zero-order chi connectivity index (χ0) is 8.85. The average Bonchev–Trinajstić information content (AvgIpc) is 1.98. The normalized spacial score (nSPS) is 16.5. The maximum Gasteiger partial charge on any atom is 0.137 e. The van der Waals surface area contributed by atoms with Crippen molar-refractivity contribution in [2.24, 2.45) is 11.8 Å². The Balaban J connectivity index is 3.90. The molecule has 2 atom stereocenters. The van der Waals surface area contributed by atoms with Crippen molar-refractivity contribution < 1.29 is 4.79 Å². The molecule has 0 saturated carbocycles. The Bertz CT molecular complexity index is 112. The van der Waals surface area contributed by atoms with Crippen LogP contribution in [0.2, 0.25) is 0 Å². The van der Waals surface area contributed by atoms with Crippen LogP contribution >= 0.6 is 0 Å². The number of hydrogen-bond acceptors (Lipinski definition) is 2. The molecule has 0 fully saturated rings. The molecule has 2 nitrogen and oxygen atoms in total. The molecule has 0 saturated heterocycles. The average molecular weight is 157 g/mol. The lowest BCUT2D eigenvalue weighted by Crippen LogP contribution is -2.38. The molecule has 0 radical (unpaired) electrons. The summed E-state index contributed by atoms with van der Waals surface area (Å²) >= 11 is 0. The third-order valence-electron chi connectivity index (χ3n) is 2.20. The van der Waals surface area contributed by atoms with Crippen molar-refractivity contribution >= 4 is 6.29 Å². The molecule has 66 valence electrons. The first-order chi connectivity index (χ1) is 5.13. The topological polar surface area (TPSA) is 29.1 Å². The molecule has 0 amide bonds. The van der Waals surface area contributed by atoms with Gasteiger partial charge in [-0.15, -0.1) is 0 Å². The summed E-state index contributed by atoms with van der Waals surface area (Å²) in [6, 6.07) is 0.0278. The number of nitrogens with one attached hydrogen (secondary N) is 1. The number of carbonyl (C=O) groups excluding carboxylic acids is 1. The monoisotopic (exact) mass is 157 g/mol. The largest absolute Gasteiger partial charge is 0.308 e. The minimum Gasteiger partial charge on any atom is -0.308 e. The van der Waals surface area contributed by atoms with Gasteiger partial charge in [0.25, 0.3) is 0 Å². The van der Waals surface area contributed by atoms with Gasteiger partial charge in [-0.1, -0.05) is 27.7 Å².